The summed E-state index contributed by atoms with van der Waals surface area (Å²) in [6, 6.07) is 11.8. The van der Waals surface area contributed by atoms with Crippen LogP contribution in [0.25, 0.3) is 0 Å². The van der Waals surface area contributed by atoms with Gasteiger partial charge >= 0.3 is 0 Å². The van der Waals surface area contributed by atoms with E-state index in [0.717, 1.165) is 47.0 Å². The summed E-state index contributed by atoms with van der Waals surface area (Å²) in [5, 5.41) is 6.91. The van der Waals surface area contributed by atoms with Crippen LogP contribution in [0.4, 0.5) is 11.4 Å². The molecule has 0 bridgehead atoms. The topological polar surface area (TPSA) is 62.8 Å². The zero-order chi connectivity index (χ0) is 18.8. The fourth-order valence-corrected chi connectivity index (χ4v) is 3.48. The van der Waals surface area contributed by atoms with Crippen molar-refractivity contribution in [3.8, 4) is 11.5 Å². The Bertz CT molecular complexity index is 900. The van der Waals surface area contributed by atoms with Crippen LogP contribution in [-0.4, -0.2) is 24.4 Å². The molecule has 2 heterocycles. The summed E-state index contributed by atoms with van der Waals surface area (Å²) in [4.78, 5) is 13.9. The first-order valence-corrected chi connectivity index (χ1v) is 9.35. The van der Waals surface area contributed by atoms with Crippen molar-refractivity contribution in [2.75, 3.05) is 23.6 Å². The van der Waals surface area contributed by atoms with E-state index in [4.69, 9.17) is 21.7 Å². The van der Waals surface area contributed by atoms with Gasteiger partial charge in [0.1, 0.15) is 0 Å². The smallest absolute Gasteiger partial charge is 0.231 e. The molecule has 140 valence electrons. The van der Waals surface area contributed by atoms with Crippen LogP contribution in [0, 0.1) is 6.92 Å². The molecule has 2 aliphatic rings. The number of benzene rings is 2. The predicted octanol–water partition coefficient (Wildman–Crippen LogP) is 3.34. The van der Waals surface area contributed by atoms with E-state index in [9.17, 15) is 4.79 Å². The molecular formula is C20H21N3O3S. The number of carbonyl (C=O) groups is 1. The second-order valence-electron chi connectivity index (χ2n) is 6.65. The summed E-state index contributed by atoms with van der Waals surface area (Å²) in [5.41, 5.74) is 3.94. The standard InChI is InChI=1S/C20H21N3O3S/c1-13-4-6-15(10-16(13)23-8-2-3-19(23)24)22-20(27)21-11-14-5-7-17-18(9-14)26-12-25-17/h4-7,9-10H,2-3,8,11-12H2,1H3,(H2,21,22,27). The Kier molecular flexibility index (Phi) is 4.85. The first-order chi connectivity index (χ1) is 13.1. The van der Waals surface area contributed by atoms with Gasteiger partial charge in [-0.3, -0.25) is 4.79 Å². The van der Waals surface area contributed by atoms with Gasteiger partial charge in [0, 0.05) is 30.9 Å². The SMILES string of the molecule is Cc1ccc(NC(=S)NCc2ccc3c(c2)OCO3)cc1N1CCCC1=O. The van der Waals surface area contributed by atoms with Crippen molar-refractivity contribution in [2.24, 2.45) is 0 Å². The highest BCUT2D eigenvalue weighted by molar-refractivity contribution is 7.80. The van der Waals surface area contributed by atoms with E-state index in [-0.39, 0.29) is 12.7 Å². The van der Waals surface area contributed by atoms with Gasteiger partial charge in [0.05, 0.1) is 0 Å². The number of nitrogens with zero attached hydrogens (tertiary/aromatic N) is 1. The Balaban J connectivity index is 1.38. The van der Waals surface area contributed by atoms with Crippen LogP contribution in [0.5, 0.6) is 11.5 Å². The molecule has 0 atom stereocenters. The van der Waals surface area contributed by atoms with Crippen molar-refractivity contribution in [1.29, 1.82) is 0 Å². The summed E-state index contributed by atoms with van der Waals surface area (Å²) in [5.74, 6) is 1.70. The molecule has 2 aliphatic heterocycles. The van der Waals surface area contributed by atoms with Crippen LogP contribution >= 0.6 is 12.2 Å². The Morgan fingerprint density at radius 3 is 2.85 bits per heavy atom. The van der Waals surface area contributed by atoms with Crippen LogP contribution in [0.1, 0.15) is 24.0 Å². The number of hydrogen-bond acceptors (Lipinski definition) is 4. The van der Waals surface area contributed by atoms with Crippen LogP contribution in [0.3, 0.4) is 0 Å². The van der Waals surface area contributed by atoms with Gasteiger partial charge in [-0.05, 0) is 61.0 Å². The molecule has 0 aromatic heterocycles. The third kappa shape index (κ3) is 3.83. The van der Waals surface area contributed by atoms with E-state index < -0.39 is 0 Å². The average molecular weight is 383 g/mol. The van der Waals surface area contributed by atoms with Crippen LogP contribution < -0.4 is 25.0 Å². The Hall–Kier alpha value is -2.80. The molecule has 0 spiro atoms. The minimum absolute atomic E-state index is 0.179. The van der Waals surface area contributed by atoms with Gasteiger partial charge in [-0.25, -0.2) is 0 Å². The summed E-state index contributed by atoms with van der Waals surface area (Å²) < 4.78 is 10.7. The summed E-state index contributed by atoms with van der Waals surface area (Å²) >= 11 is 5.41. The number of hydrogen-bond donors (Lipinski definition) is 2. The van der Waals surface area contributed by atoms with Gasteiger partial charge in [0.25, 0.3) is 0 Å². The lowest BCUT2D eigenvalue weighted by atomic mass is 10.1. The number of rotatable bonds is 4. The van der Waals surface area contributed by atoms with E-state index >= 15 is 0 Å². The fraction of sp³-hybridized carbons (Fsp3) is 0.300. The Labute approximate surface area is 163 Å². The second kappa shape index (κ2) is 7.44. The van der Waals surface area contributed by atoms with Crippen LogP contribution in [-0.2, 0) is 11.3 Å². The lowest BCUT2D eigenvalue weighted by Gasteiger charge is -2.20. The monoisotopic (exact) mass is 383 g/mol. The maximum atomic E-state index is 12.0. The first kappa shape index (κ1) is 17.6. The van der Waals surface area contributed by atoms with Gasteiger partial charge in [0.2, 0.25) is 12.7 Å². The minimum atomic E-state index is 0.179. The minimum Gasteiger partial charge on any atom is -0.454 e. The van der Waals surface area contributed by atoms with Crippen LogP contribution in [0.2, 0.25) is 0 Å². The predicted molar refractivity (Wildman–Crippen MR) is 108 cm³/mol. The van der Waals surface area contributed by atoms with Gasteiger partial charge in [-0.2, -0.15) is 0 Å². The highest BCUT2D eigenvalue weighted by Gasteiger charge is 2.23. The number of fused-ring (bicyclic) bond motifs is 1. The average Bonchev–Trinajstić information content (AvgIpc) is 3.30. The molecule has 1 amide bonds. The molecule has 4 rings (SSSR count). The normalized spacial score (nSPS) is 15.1. The summed E-state index contributed by atoms with van der Waals surface area (Å²) in [7, 11) is 0. The van der Waals surface area contributed by atoms with Crippen molar-refractivity contribution >= 4 is 34.6 Å². The lowest BCUT2D eigenvalue weighted by molar-refractivity contribution is -0.117. The van der Waals surface area contributed by atoms with Crippen molar-refractivity contribution < 1.29 is 14.3 Å². The molecule has 1 saturated heterocycles. The highest BCUT2D eigenvalue weighted by atomic mass is 32.1. The molecule has 2 N–H and O–H groups in total. The number of nitrogens with one attached hydrogen (secondary N) is 2. The number of aryl methyl sites for hydroxylation is 1. The van der Waals surface area contributed by atoms with E-state index in [2.05, 4.69) is 10.6 Å². The molecule has 1 fully saturated rings. The number of amides is 1. The molecule has 0 radical (unpaired) electrons. The number of ether oxygens (including phenoxy) is 2. The Morgan fingerprint density at radius 1 is 1.19 bits per heavy atom. The fourth-order valence-electron chi connectivity index (χ4n) is 3.29. The second-order valence-corrected chi connectivity index (χ2v) is 7.05. The van der Waals surface area contributed by atoms with Gasteiger partial charge in [-0.1, -0.05) is 12.1 Å². The molecule has 0 unspecified atom stereocenters. The van der Waals surface area contributed by atoms with Crippen molar-refractivity contribution in [3.05, 3.63) is 47.5 Å². The first-order valence-electron chi connectivity index (χ1n) is 8.94. The highest BCUT2D eigenvalue weighted by Crippen LogP contribution is 2.32. The van der Waals surface area contributed by atoms with Gasteiger partial charge in [-0.15, -0.1) is 0 Å². The zero-order valence-electron chi connectivity index (χ0n) is 15.1. The van der Waals surface area contributed by atoms with Crippen molar-refractivity contribution in [2.45, 2.75) is 26.3 Å². The third-order valence-electron chi connectivity index (χ3n) is 4.72. The van der Waals surface area contributed by atoms with E-state index in [0.29, 0.717) is 18.1 Å². The molecule has 2 aromatic rings. The molecule has 0 saturated carbocycles. The van der Waals surface area contributed by atoms with E-state index in [1.165, 1.54) is 0 Å². The lowest BCUT2D eigenvalue weighted by Crippen LogP contribution is -2.28. The summed E-state index contributed by atoms with van der Waals surface area (Å²) in [6.45, 7) is 3.63. The molecular weight excluding hydrogens is 362 g/mol. The number of thiocarbonyl (C=S) groups is 1. The third-order valence-corrected chi connectivity index (χ3v) is 4.97. The zero-order valence-corrected chi connectivity index (χ0v) is 15.9. The number of anilines is 2. The summed E-state index contributed by atoms with van der Waals surface area (Å²) in [6.07, 6.45) is 1.53. The molecule has 2 aromatic carbocycles. The quantitative estimate of drug-likeness (QED) is 0.790. The van der Waals surface area contributed by atoms with Crippen molar-refractivity contribution in [1.82, 2.24) is 5.32 Å². The molecule has 27 heavy (non-hydrogen) atoms. The maximum Gasteiger partial charge on any atom is 0.231 e. The van der Waals surface area contributed by atoms with Gasteiger partial charge in [0.15, 0.2) is 16.6 Å². The van der Waals surface area contributed by atoms with E-state index in [1.807, 2.05) is 48.2 Å². The van der Waals surface area contributed by atoms with Gasteiger partial charge < -0.3 is 25.0 Å². The largest absolute Gasteiger partial charge is 0.454 e. The molecule has 6 nitrogen and oxygen atoms in total. The maximum absolute atomic E-state index is 12.0. The number of carbonyl (C=O) groups excluding carboxylic acids is 1. The van der Waals surface area contributed by atoms with Crippen LogP contribution in [0.15, 0.2) is 36.4 Å². The molecule has 7 heteroatoms. The molecule has 0 aliphatic carbocycles. The van der Waals surface area contributed by atoms with Crippen molar-refractivity contribution in [3.63, 3.8) is 0 Å². The van der Waals surface area contributed by atoms with E-state index in [1.54, 1.807) is 0 Å². The Morgan fingerprint density at radius 2 is 2.04 bits per heavy atom.